The standard InChI is InChI=1S/C50H98N4O6/c1-5-9-12-15-20-27-35-44(8-4)59-46(55)38-30-23-18-25-32-41-54(43-34-40-53-48(49(51)57)50(52)58)42-33-26-19-24-31-39-47(56)60-45(36-28-21-16-13-10-6-2)37-29-22-17-14-11-7-3/h44-45,48,53H,5-43H2,1-4H3,(H2,51,57)(H2,52,58). The van der Waals surface area contributed by atoms with E-state index < -0.39 is 17.9 Å². The van der Waals surface area contributed by atoms with Crippen molar-refractivity contribution in [3.05, 3.63) is 0 Å². The van der Waals surface area contributed by atoms with Crippen LogP contribution in [0.25, 0.3) is 0 Å². The third-order valence-corrected chi connectivity index (χ3v) is 12.0. The molecule has 0 spiro atoms. The number of esters is 2. The van der Waals surface area contributed by atoms with Crippen molar-refractivity contribution in [3.63, 3.8) is 0 Å². The van der Waals surface area contributed by atoms with Crippen LogP contribution in [-0.4, -0.2) is 73.1 Å². The fourth-order valence-corrected chi connectivity index (χ4v) is 8.05. The predicted octanol–water partition coefficient (Wildman–Crippen LogP) is 11.8. The first-order valence-corrected chi connectivity index (χ1v) is 25.6. The average molecular weight is 851 g/mol. The van der Waals surface area contributed by atoms with Crippen molar-refractivity contribution >= 4 is 23.8 Å². The molecule has 0 heterocycles. The number of amides is 2. The Hall–Kier alpha value is -2.20. The van der Waals surface area contributed by atoms with Gasteiger partial charge in [0.25, 0.3) is 0 Å². The number of nitrogens with two attached hydrogens (primary N) is 2. The molecule has 2 amide bonds. The van der Waals surface area contributed by atoms with Crippen molar-refractivity contribution < 1.29 is 28.7 Å². The van der Waals surface area contributed by atoms with Gasteiger partial charge in [0.05, 0.1) is 0 Å². The van der Waals surface area contributed by atoms with E-state index >= 15 is 0 Å². The van der Waals surface area contributed by atoms with E-state index in [1.54, 1.807) is 0 Å². The highest BCUT2D eigenvalue weighted by Crippen LogP contribution is 2.19. The van der Waals surface area contributed by atoms with E-state index in [2.05, 4.69) is 37.9 Å². The van der Waals surface area contributed by atoms with Gasteiger partial charge in [0.1, 0.15) is 12.2 Å². The van der Waals surface area contributed by atoms with Gasteiger partial charge in [-0.2, -0.15) is 0 Å². The van der Waals surface area contributed by atoms with Crippen molar-refractivity contribution in [1.82, 2.24) is 10.2 Å². The van der Waals surface area contributed by atoms with Gasteiger partial charge in [0, 0.05) is 12.8 Å². The minimum Gasteiger partial charge on any atom is -0.462 e. The molecule has 5 N–H and O–H groups in total. The van der Waals surface area contributed by atoms with Gasteiger partial charge >= 0.3 is 11.9 Å². The lowest BCUT2D eigenvalue weighted by Gasteiger charge is -2.23. The summed E-state index contributed by atoms with van der Waals surface area (Å²) in [7, 11) is 0. The predicted molar refractivity (Wildman–Crippen MR) is 251 cm³/mol. The highest BCUT2D eigenvalue weighted by atomic mass is 16.5. The monoisotopic (exact) mass is 851 g/mol. The van der Waals surface area contributed by atoms with Crippen LogP contribution in [0.5, 0.6) is 0 Å². The Morgan fingerprint density at radius 2 is 0.767 bits per heavy atom. The van der Waals surface area contributed by atoms with E-state index in [-0.39, 0.29) is 24.1 Å². The van der Waals surface area contributed by atoms with Crippen LogP contribution < -0.4 is 16.8 Å². The van der Waals surface area contributed by atoms with Crippen molar-refractivity contribution in [2.75, 3.05) is 26.2 Å². The minimum atomic E-state index is -1.15. The summed E-state index contributed by atoms with van der Waals surface area (Å²) >= 11 is 0. The zero-order valence-electron chi connectivity index (χ0n) is 39.9. The Bertz CT molecular complexity index is 983. The lowest BCUT2D eigenvalue weighted by atomic mass is 10.0. The SMILES string of the molecule is CCCCCCCCC(CC)OC(=O)CCCCCCCN(CCCCCCCC(=O)OC(CCCCCCCC)CCCCCCCC)CCCNC(C(N)=O)C(N)=O. The second-order valence-electron chi connectivity index (χ2n) is 17.7. The largest absolute Gasteiger partial charge is 0.462 e. The summed E-state index contributed by atoms with van der Waals surface area (Å²) in [4.78, 5) is 50.9. The topological polar surface area (TPSA) is 154 Å². The summed E-state index contributed by atoms with van der Waals surface area (Å²) in [5.41, 5.74) is 10.7. The molecule has 0 aromatic heterocycles. The van der Waals surface area contributed by atoms with Gasteiger partial charge < -0.3 is 25.8 Å². The fraction of sp³-hybridized carbons (Fsp3) is 0.920. The first kappa shape index (κ1) is 57.8. The Balaban J connectivity index is 4.59. The zero-order chi connectivity index (χ0) is 44.3. The van der Waals surface area contributed by atoms with Crippen LogP contribution in [0.2, 0.25) is 0 Å². The molecule has 0 aromatic carbocycles. The number of carbonyl (C=O) groups is 4. The molecule has 1 atom stereocenters. The normalized spacial score (nSPS) is 12.1. The minimum absolute atomic E-state index is 0.0180. The van der Waals surface area contributed by atoms with Crippen molar-refractivity contribution in [1.29, 1.82) is 0 Å². The second-order valence-corrected chi connectivity index (χ2v) is 17.7. The maximum absolute atomic E-state index is 12.8. The molecule has 10 nitrogen and oxygen atoms in total. The molecule has 10 heteroatoms. The summed E-state index contributed by atoms with van der Waals surface area (Å²) in [5, 5.41) is 2.91. The van der Waals surface area contributed by atoms with Crippen LogP contribution in [-0.2, 0) is 28.7 Å². The van der Waals surface area contributed by atoms with Crippen LogP contribution in [0.15, 0.2) is 0 Å². The number of hydrogen-bond donors (Lipinski definition) is 3. The molecule has 1 unspecified atom stereocenters. The van der Waals surface area contributed by atoms with E-state index in [1.807, 2.05) is 0 Å². The molecule has 354 valence electrons. The maximum Gasteiger partial charge on any atom is 0.306 e. The average Bonchev–Trinajstić information content (AvgIpc) is 3.22. The molecule has 0 aromatic rings. The lowest BCUT2D eigenvalue weighted by molar-refractivity contribution is -0.150. The van der Waals surface area contributed by atoms with E-state index in [1.165, 1.54) is 96.3 Å². The van der Waals surface area contributed by atoms with Gasteiger partial charge in [-0.25, -0.2) is 0 Å². The van der Waals surface area contributed by atoms with E-state index in [4.69, 9.17) is 20.9 Å². The number of primary amides is 2. The number of carbonyl (C=O) groups excluding carboxylic acids is 4. The number of nitrogens with zero attached hydrogens (tertiary/aromatic N) is 1. The molecular formula is C50H98N4O6. The molecule has 60 heavy (non-hydrogen) atoms. The van der Waals surface area contributed by atoms with Crippen LogP contribution in [0.1, 0.15) is 252 Å². The Morgan fingerprint density at radius 1 is 0.433 bits per heavy atom. The fourth-order valence-electron chi connectivity index (χ4n) is 8.05. The first-order chi connectivity index (χ1) is 29.2. The molecule has 0 aliphatic heterocycles. The molecule has 0 radical (unpaired) electrons. The van der Waals surface area contributed by atoms with Crippen molar-refractivity contribution in [3.8, 4) is 0 Å². The molecule has 0 bridgehead atoms. The molecule has 0 rings (SSSR count). The Labute approximate surface area is 369 Å². The van der Waals surface area contributed by atoms with Crippen molar-refractivity contribution in [2.45, 2.75) is 271 Å². The van der Waals surface area contributed by atoms with E-state index in [9.17, 15) is 19.2 Å². The summed E-state index contributed by atoms with van der Waals surface area (Å²) in [6, 6.07) is -1.15. The summed E-state index contributed by atoms with van der Waals surface area (Å²) in [5.74, 6) is -1.56. The van der Waals surface area contributed by atoms with Gasteiger partial charge in [-0.05, 0) is 103 Å². The van der Waals surface area contributed by atoms with Gasteiger partial charge in [-0.1, -0.05) is 163 Å². The third kappa shape index (κ3) is 37.6. The molecular weight excluding hydrogens is 753 g/mol. The third-order valence-electron chi connectivity index (χ3n) is 12.0. The molecule has 0 aliphatic carbocycles. The first-order valence-electron chi connectivity index (χ1n) is 25.6. The van der Waals surface area contributed by atoms with Crippen molar-refractivity contribution in [2.24, 2.45) is 11.5 Å². The quantitative estimate of drug-likeness (QED) is 0.0311. The number of ether oxygens (including phenoxy) is 2. The summed E-state index contributed by atoms with van der Waals surface area (Å²) in [6.45, 7) is 12.2. The lowest BCUT2D eigenvalue weighted by Crippen LogP contribution is -2.50. The number of unbranched alkanes of at least 4 members (excludes halogenated alkanes) is 23. The number of rotatable bonds is 47. The Kier molecular flexibility index (Phi) is 41.9. The van der Waals surface area contributed by atoms with Crippen LogP contribution in [0, 0.1) is 0 Å². The van der Waals surface area contributed by atoms with Gasteiger partial charge in [-0.3, -0.25) is 24.5 Å². The van der Waals surface area contributed by atoms with Crippen LogP contribution in [0.3, 0.4) is 0 Å². The van der Waals surface area contributed by atoms with E-state index in [0.29, 0.717) is 19.4 Å². The smallest absolute Gasteiger partial charge is 0.306 e. The highest BCUT2D eigenvalue weighted by Gasteiger charge is 2.20. The van der Waals surface area contributed by atoms with E-state index in [0.717, 1.165) is 135 Å². The van der Waals surface area contributed by atoms with Crippen LogP contribution >= 0.6 is 0 Å². The summed E-state index contributed by atoms with van der Waals surface area (Å²) in [6.07, 6.45) is 38.9. The molecule has 0 saturated heterocycles. The number of hydrogen-bond acceptors (Lipinski definition) is 8. The second kappa shape index (κ2) is 43.4. The molecule has 0 fully saturated rings. The molecule has 0 saturated carbocycles. The summed E-state index contributed by atoms with van der Waals surface area (Å²) < 4.78 is 11.8. The Morgan fingerprint density at radius 3 is 1.17 bits per heavy atom. The van der Waals surface area contributed by atoms with Crippen LogP contribution in [0.4, 0.5) is 0 Å². The molecule has 0 aliphatic rings. The highest BCUT2D eigenvalue weighted by molar-refractivity contribution is 6.02. The van der Waals surface area contributed by atoms with Gasteiger partial charge in [0.2, 0.25) is 11.8 Å². The van der Waals surface area contributed by atoms with Gasteiger partial charge in [0.15, 0.2) is 6.04 Å². The number of nitrogens with one attached hydrogen (secondary N) is 1. The zero-order valence-corrected chi connectivity index (χ0v) is 39.9. The maximum atomic E-state index is 12.8. The van der Waals surface area contributed by atoms with Gasteiger partial charge in [-0.15, -0.1) is 0 Å².